The van der Waals surface area contributed by atoms with Crippen molar-refractivity contribution < 1.29 is 23.9 Å². The Balaban J connectivity index is 1.42. The van der Waals surface area contributed by atoms with Gasteiger partial charge in [-0.1, -0.05) is 48.5 Å². The lowest BCUT2D eigenvalue weighted by Crippen LogP contribution is -2.38. The first kappa shape index (κ1) is 21.1. The molecule has 7 heteroatoms. The number of para-hydroxylation sites is 1. The molecule has 1 aliphatic rings. The molecule has 0 saturated carbocycles. The molecule has 0 radical (unpaired) electrons. The van der Waals surface area contributed by atoms with E-state index in [1.165, 1.54) is 12.7 Å². The van der Waals surface area contributed by atoms with Gasteiger partial charge in [-0.3, -0.25) is 14.4 Å². The highest BCUT2D eigenvalue weighted by Crippen LogP contribution is 2.22. The van der Waals surface area contributed by atoms with Gasteiger partial charge in [-0.05, 0) is 29.7 Å². The Labute approximate surface area is 175 Å². The molecule has 0 unspecified atom stereocenters. The lowest BCUT2D eigenvalue weighted by Gasteiger charge is -2.26. The number of esters is 1. The van der Waals surface area contributed by atoms with E-state index in [4.69, 9.17) is 9.47 Å². The SMILES string of the molecule is COc1ccccc1C(=O)NCC(=O)OCC(=O)N1CC=C(c2ccccc2)CC1. The Morgan fingerprint density at radius 1 is 1.03 bits per heavy atom. The number of nitrogens with zero attached hydrogens (tertiary/aromatic N) is 1. The molecule has 0 aromatic heterocycles. The molecule has 7 nitrogen and oxygen atoms in total. The van der Waals surface area contributed by atoms with E-state index in [2.05, 4.69) is 5.32 Å². The van der Waals surface area contributed by atoms with Crippen LogP contribution in [0.5, 0.6) is 5.75 Å². The molecule has 3 rings (SSSR count). The average Bonchev–Trinajstić information content (AvgIpc) is 2.81. The van der Waals surface area contributed by atoms with E-state index in [0.717, 1.165) is 12.0 Å². The van der Waals surface area contributed by atoms with Gasteiger partial charge in [0.15, 0.2) is 6.61 Å². The van der Waals surface area contributed by atoms with Crippen molar-refractivity contribution in [1.82, 2.24) is 10.2 Å². The van der Waals surface area contributed by atoms with Crippen LogP contribution in [-0.2, 0) is 14.3 Å². The monoisotopic (exact) mass is 408 g/mol. The summed E-state index contributed by atoms with van der Waals surface area (Å²) in [4.78, 5) is 38.0. The van der Waals surface area contributed by atoms with Gasteiger partial charge >= 0.3 is 5.97 Å². The molecule has 0 saturated heterocycles. The van der Waals surface area contributed by atoms with E-state index in [1.54, 1.807) is 29.2 Å². The molecule has 30 heavy (non-hydrogen) atoms. The zero-order valence-electron chi connectivity index (χ0n) is 16.8. The molecular formula is C23H24N2O5. The van der Waals surface area contributed by atoms with Gasteiger partial charge in [0.2, 0.25) is 0 Å². The Kier molecular flexibility index (Phi) is 7.21. The maximum atomic E-state index is 12.3. The molecule has 0 aliphatic carbocycles. The summed E-state index contributed by atoms with van der Waals surface area (Å²) in [6.07, 6.45) is 2.77. The maximum absolute atomic E-state index is 12.3. The molecular weight excluding hydrogens is 384 g/mol. The smallest absolute Gasteiger partial charge is 0.325 e. The number of amides is 2. The fraction of sp³-hybridized carbons (Fsp3) is 0.261. The summed E-state index contributed by atoms with van der Waals surface area (Å²) in [5, 5.41) is 2.47. The van der Waals surface area contributed by atoms with Gasteiger partial charge in [-0.25, -0.2) is 0 Å². The number of benzene rings is 2. The second kappa shape index (κ2) is 10.2. The van der Waals surface area contributed by atoms with E-state index < -0.39 is 11.9 Å². The standard InChI is InChI=1S/C23H24N2O5/c1-29-20-10-6-5-9-19(20)23(28)24-15-22(27)30-16-21(26)25-13-11-18(12-14-25)17-7-3-2-4-8-17/h2-11H,12-16H2,1H3,(H,24,28). The summed E-state index contributed by atoms with van der Waals surface area (Å²) >= 11 is 0. The van der Waals surface area contributed by atoms with Crippen LogP contribution in [0.4, 0.5) is 0 Å². The molecule has 2 amide bonds. The zero-order valence-corrected chi connectivity index (χ0v) is 16.8. The summed E-state index contributed by atoms with van der Waals surface area (Å²) in [7, 11) is 1.46. The van der Waals surface area contributed by atoms with Gasteiger partial charge in [0.25, 0.3) is 11.8 Å². The summed E-state index contributed by atoms with van der Waals surface area (Å²) in [6, 6.07) is 16.7. The molecule has 2 aromatic rings. The van der Waals surface area contributed by atoms with Gasteiger partial charge in [0.1, 0.15) is 12.3 Å². The van der Waals surface area contributed by atoms with Crippen molar-refractivity contribution in [3.8, 4) is 5.75 Å². The predicted molar refractivity (Wildman–Crippen MR) is 112 cm³/mol. The minimum absolute atomic E-state index is 0.261. The Morgan fingerprint density at radius 3 is 2.47 bits per heavy atom. The summed E-state index contributed by atoms with van der Waals surface area (Å²) < 4.78 is 10.1. The summed E-state index contributed by atoms with van der Waals surface area (Å²) in [5.74, 6) is -0.983. The highest BCUT2D eigenvalue weighted by molar-refractivity contribution is 5.98. The van der Waals surface area contributed by atoms with Crippen molar-refractivity contribution >= 4 is 23.4 Å². The zero-order chi connectivity index (χ0) is 21.3. The van der Waals surface area contributed by atoms with Crippen LogP contribution in [-0.4, -0.2) is 56.0 Å². The first-order valence-corrected chi connectivity index (χ1v) is 9.67. The Bertz CT molecular complexity index is 940. The van der Waals surface area contributed by atoms with Gasteiger partial charge in [0.05, 0.1) is 12.7 Å². The van der Waals surface area contributed by atoms with Crippen molar-refractivity contribution in [2.45, 2.75) is 6.42 Å². The molecule has 0 atom stereocenters. The average molecular weight is 408 g/mol. The quantitative estimate of drug-likeness (QED) is 0.711. The number of ether oxygens (including phenoxy) is 2. The van der Waals surface area contributed by atoms with E-state index in [9.17, 15) is 14.4 Å². The number of hydrogen-bond donors (Lipinski definition) is 1. The summed E-state index contributed by atoms with van der Waals surface area (Å²) in [5.41, 5.74) is 2.68. The minimum Gasteiger partial charge on any atom is -0.496 e. The molecule has 1 heterocycles. The van der Waals surface area contributed by atoms with Crippen molar-refractivity contribution in [3.63, 3.8) is 0 Å². The fourth-order valence-electron chi connectivity index (χ4n) is 3.17. The van der Waals surface area contributed by atoms with E-state index in [1.807, 2.05) is 36.4 Å². The molecule has 0 bridgehead atoms. The number of rotatable bonds is 7. The van der Waals surface area contributed by atoms with Crippen molar-refractivity contribution in [2.75, 3.05) is 33.4 Å². The lowest BCUT2D eigenvalue weighted by atomic mass is 10.00. The molecule has 0 fully saturated rings. The molecule has 156 valence electrons. The highest BCUT2D eigenvalue weighted by Gasteiger charge is 2.20. The first-order chi connectivity index (χ1) is 14.6. The maximum Gasteiger partial charge on any atom is 0.325 e. The Morgan fingerprint density at radius 2 is 1.77 bits per heavy atom. The molecule has 1 N–H and O–H groups in total. The third kappa shape index (κ3) is 5.47. The normalized spacial score (nSPS) is 13.2. The third-order valence-corrected chi connectivity index (χ3v) is 4.81. The van der Waals surface area contributed by atoms with E-state index in [-0.39, 0.29) is 19.1 Å². The second-order valence-corrected chi connectivity index (χ2v) is 6.73. The topological polar surface area (TPSA) is 84.9 Å². The number of carbonyl (C=O) groups is 3. The van der Waals surface area contributed by atoms with Crippen molar-refractivity contribution in [1.29, 1.82) is 0 Å². The van der Waals surface area contributed by atoms with Crippen LogP contribution in [0, 0.1) is 0 Å². The number of nitrogens with one attached hydrogen (secondary N) is 1. The van der Waals surface area contributed by atoms with Crippen LogP contribution < -0.4 is 10.1 Å². The van der Waals surface area contributed by atoms with E-state index >= 15 is 0 Å². The van der Waals surface area contributed by atoms with Crippen LogP contribution in [0.2, 0.25) is 0 Å². The molecule has 1 aliphatic heterocycles. The van der Waals surface area contributed by atoms with Crippen LogP contribution in [0.1, 0.15) is 22.3 Å². The van der Waals surface area contributed by atoms with Gasteiger partial charge in [0, 0.05) is 13.1 Å². The third-order valence-electron chi connectivity index (χ3n) is 4.81. The molecule has 0 spiro atoms. The number of methoxy groups -OCH3 is 1. The van der Waals surface area contributed by atoms with Crippen molar-refractivity contribution in [2.24, 2.45) is 0 Å². The number of hydrogen-bond acceptors (Lipinski definition) is 5. The first-order valence-electron chi connectivity index (χ1n) is 9.67. The second-order valence-electron chi connectivity index (χ2n) is 6.73. The fourth-order valence-corrected chi connectivity index (χ4v) is 3.17. The largest absolute Gasteiger partial charge is 0.496 e. The van der Waals surface area contributed by atoms with Crippen LogP contribution in [0.3, 0.4) is 0 Å². The van der Waals surface area contributed by atoms with Gasteiger partial charge in [-0.15, -0.1) is 0 Å². The van der Waals surface area contributed by atoms with Crippen LogP contribution >= 0.6 is 0 Å². The van der Waals surface area contributed by atoms with E-state index in [0.29, 0.717) is 24.4 Å². The Hall–Kier alpha value is -3.61. The minimum atomic E-state index is -0.677. The van der Waals surface area contributed by atoms with Gasteiger partial charge < -0.3 is 19.7 Å². The van der Waals surface area contributed by atoms with Crippen LogP contribution in [0.15, 0.2) is 60.7 Å². The summed E-state index contributed by atoms with van der Waals surface area (Å²) in [6.45, 7) is 0.368. The van der Waals surface area contributed by atoms with Crippen LogP contribution in [0.25, 0.3) is 5.57 Å². The van der Waals surface area contributed by atoms with Crippen molar-refractivity contribution in [3.05, 3.63) is 71.8 Å². The number of carbonyl (C=O) groups excluding carboxylic acids is 3. The lowest BCUT2D eigenvalue weighted by molar-refractivity contribution is -0.151. The predicted octanol–water partition coefficient (Wildman–Crippen LogP) is 2.28. The van der Waals surface area contributed by atoms with Gasteiger partial charge in [-0.2, -0.15) is 0 Å². The molecule has 2 aromatic carbocycles. The highest BCUT2D eigenvalue weighted by atomic mass is 16.5.